The molecule has 0 heterocycles. The molecule has 0 aromatic heterocycles. The largest absolute Gasteiger partial charge is 0.480 e. The zero-order valence-corrected chi connectivity index (χ0v) is 10.6. The van der Waals surface area contributed by atoms with Gasteiger partial charge in [-0.2, -0.15) is 13.2 Å². The molecule has 0 aliphatic heterocycles. The van der Waals surface area contributed by atoms with Crippen molar-refractivity contribution in [3.8, 4) is 0 Å². The van der Waals surface area contributed by atoms with E-state index in [2.05, 4.69) is 0 Å². The molecule has 0 atom stereocenters. The molecule has 0 unspecified atom stereocenters. The Bertz CT molecular complexity index is 477. The maximum Gasteiger partial charge on any atom is 0.406 e. The summed E-state index contributed by atoms with van der Waals surface area (Å²) in [4.78, 5) is 23.9. The molecule has 0 aliphatic rings. The van der Waals surface area contributed by atoms with Crippen molar-refractivity contribution in [3.63, 3.8) is 0 Å². The fraction of sp³-hybridized carbons (Fsp3) is 0.333. The normalized spacial score (nSPS) is 11.0. The average molecular weight is 290 g/mol. The third kappa shape index (κ3) is 4.79. The molecule has 0 radical (unpaired) electrons. The summed E-state index contributed by atoms with van der Waals surface area (Å²) in [5, 5.41) is 8.77. The predicted octanol–water partition coefficient (Wildman–Crippen LogP) is 2.19. The number of rotatable bonds is 4. The van der Waals surface area contributed by atoms with Gasteiger partial charge in [-0.15, -0.1) is 0 Å². The molecule has 0 saturated carbocycles. The van der Waals surface area contributed by atoms with E-state index >= 15 is 0 Å². The number of hydrogen-bond donors (Lipinski definition) is 1. The molecular weight excluding hydrogens is 277 g/mol. The van der Waals surface area contributed by atoms with Crippen LogP contribution in [-0.2, 0) is 4.79 Å². The van der Waals surface area contributed by atoms with Crippen LogP contribution in [0.1, 0.15) is 0 Å². The van der Waals surface area contributed by atoms with Gasteiger partial charge in [0.25, 0.3) is 0 Å². The Morgan fingerprint density at radius 2 is 1.75 bits per heavy atom. The lowest BCUT2D eigenvalue weighted by Gasteiger charge is -2.27. The fourth-order valence-electron chi connectivity index (χ4n) is 1.56. The van der Waals surface area contributed by atoms with Gasteiger partial charge in [-0.1, -0.05) is 18.2 Å². The van der Waals surface area contributed by atoms with Crippen molar-refractivity contribution >= 4 is 17.7 Å². The lowest BCUT2D eigenvalue weighted by molar-refractivity contribution is -0.137. The van der Waals surface area contributed by atoms with E-state index in [1.165, 1.54) is 12.1 Å². The summed E-state index contributed by atoms with van der Waals surface area (Å²) in [6.07, 6.45) is -4.55. The minimum atomic E-state index is -4.55. The van der Waals surface area contributed by atoms with Crippen LogP contribution >= 0.6 is 0 Å². The van der Waals surface area contributed by atoms with Crippen molar-refractivity contribution in [2.75, 3.05) is 25.0 Å². The van der Waals surface area contributed by atoms with Gasteiger partial charge < -0.3 is 10.0 Å². The molecular formula is C12H13F3N2O3. The van der Waals surface area contributed by atoms with Gasteiger partial charge in [0.2, 0.25) is 0 Å². The van der Waals surface area contributed by atoms with Crippen LogP contribution in [0.2, 0.25) is 0 Å². The number of halogens is 3. The van der Waals surface area contributed by atoms with E-state index in [-0.39, 0.29) is 5.69 Å². The second-order valence-corrected chi connectivity index (χ2v) is 4.07. The maximum atomic E-state index is 12.3. The highest BCUT2D eigenvalue weighted by Crippen LogP contribution is 2.19. The first-order chi connectivity index (χ1) is 9.20. The molecule has 110 valence electrons. The molecule has 0 fully saturated rings. The summed E-state index contributed by atoms with van der Waals surface area (Å²) in [6, 6.07) is 6.62. The van der Waals surface area contributed by atoms with Crippen LogP contribution in [0.25, 0.3) is 0 Å². The van der Waals surface area contributed by atoms with Crippen molar-refractivity contribution in [1.29, 1.82) is 0 Å². The Morgan fingerprint density at radius 1 is 1.20 bits per heavy atom. The molecule has 1 aromatic carbocycles. The number of alkyl halides is 3. The highest BCUT2D eigenvalue weighted by atomic mass is 19.4. The van der Waals surface area contributed by atoms with E-state index in [4.69, 9.17) is 5.11 Å². The van der Waals surface area contributed by atoms with Crippen LogP contribution in [-0.4, -0.2) is 48.3 Å². The number of para-hydroxylation sites is 1. The molecule has 1 aromatic rings. The van der Waals surface area contributed by atoms with Gasteiger partial charge in [-0.25, -0.2) is 4.79 Å². The Hall–Kier alpha value is -2.25. The summed E-state index contributed by atoms with van der Waals surface area (Å²) < 4.78 is 36.8. The summed E-state index contributed by atoms with van der Waals surface area (Å²) in [5.41, 5.74) is 0.217. The van der Waals surface area contributed by atoms with Crippen molar-refractivity contribution < 1.29 is 27.9 Å². The maximum absolute atomic E-state index is 12.3. The Labute approximate surface area is 113 Å². The highest BCUT2D eigenvalue weighted by Gasteiger charge is 2.33. The SMILES string of the molecule is CN(CC(F)(F)F)C(=O)N(CC(=O)O)c1ccccc1. The minimum absolute atomic E-state index is 0.217. The third-order valence-corrected chi connectivity index (χ3v) is 2.34. The number of amides is 2. The number of carboxylic acids is 1. The summed E-state index contributed by atoms with van der Waals surface area (Å²) in [5.74, 6) is -1.32. The first-order valence-corrected chi connectivity index (χ1v) is 5.57. The summed E-state index contributed by atoms with van der Waals surface area (Å²) in [7, 11) is 0.966. The standard InChI is InChI=1S/C12H13F3N2O3/c1-16(8-12(13,14)15)11(20)17(7-10(18)19)9-5-3-2-4-6-9/h2-6H,7-8H2,1H3,(H,18,19). The molecule has 5 nitrogen and oxygen atoms in total. The molecule has 20 heavy (non-hydrogen) atoms. The molecule has 0 spiro atoms. The molecule has 2 amide bonds. The number of urea groups is 1. The zero-order chi connectivity index (χ0) is 15.3. The molecule has 1 rings (SSSR count). The number of nitrogens with zero attached hydrogens (tertiary/aromatic N) is 2. The van der Waals surface area contributed by atoms with Crippen molar-refractivity contribution in [2.24, 2.45) is 0 Å². The molecule has 1 N–H and O–H groups in total. The summed E-state index contributed by atoms with van der Waals surface area (Å²) >= 11 is 0. The number of benzene rings is 1. The van der Waals surface area contributed by atoms with Gasteiger partial charge in [0.05, 0.1) is 0 Å². The lowest BCUT2D eigenvalue weighted by Crippen LogP contribution is -2.46. The van der Waals surface area contributed by atoms with Gasteiger partial charge in [0.1, 0.15) is 13.1 Å². The first-order valence-electron chi connectivity index (χ1n) is 5.57. The number of aliphatic carboxylic acids is 1. The molecule has 0 bridgehead atoms. The fourth-order valence-corrected chi connectivity index (χ4v) is 1.56. The van der Waals surface area contributed by atoms with Gasteiger partial charge in [0.15, 0.2) is 0 Å². The second-order valence-electron chi connectivity index (χ2n) is 4.07. The van der Waals surface area contributed by atoms with Gasteiger partial charge in [-0.3, -0.25) is 9.69 Å². The highest BCUT2D eigenvalue weighted by molar-refractivity contribution is 5.96. The van der Waals surface area contributed by atoms with Crippen LogP contribution in [0.3, 0.4) is 0 Å². The third-order valence-electron chi connectivity index (χ3n) is 2.34. The second kappa shape index (κ2) is 6.27. The molecule has 0 saturated heterocycles. The quantitative estimate of drug-likeness (QED) is 0.924. The first kappa shape index (κ1) is 15.8. The number of carboxylic acid groups (broad SMARTS) is 1. The van der Waals surface area contributed by atoms with Crippen LogP contribution in [0.5, 0.6) is 0 Å². The minimum Gasteiger partial charge on any atom is -0.480 e. The topological polar surface area (TPSA) is 60.9 Å². The monoisotopic (exact) mass is 290 g/mol. The lowest BCUT2D eigenvalue weighted by atomic mass is 10.3. The number of anilines is 1. The molecule has 0 aliphatic carbocycles. The van der Waals surface area contributed by atoms with Crippen LogP contribution in [0, 0.1) is 0 Å². The summed E-state index contributed by atoms with van der Waals surface area (Å²) in [6.45, 7) is -2.17. The van der Waals surface area contributed by atoms with E-state index in [0.717, 1.165) is 11.9 Å². The zero-order valence-electron chi connectivity index (χ0n) is 10.6. The Kier molecular flexibility index (Phi) is 4.95. The van der Waals surface area contributed by atoms with Crippen molar-refractivity contribution in [3.05, 3.63) is 30.3 Å². The molecule has 8 heteroatoms. The van der Waals surface area contributed by atoms with Gasteiger partial charge in [0, 0.05) is 12.7 Å². The van der Waals surface area contributed by atoms with Gasteiger partial charge >= 0.3 is 18.2 Å². The predicted molar refractivity (Wildman–Crippen MR) is 65.5 cm³/mol. The average Bonchev–Trinajstić information content (AvgIpc) is 2.34. The number of carbonyl (C=O) groups is 2. The van der Waals surface area contributed by atoms with E-state index in [1.54, 1.807) is 18.2 Å². The van der Waals surface area contributed by atoms with Crippen LogP contribution in [0.4, 0.5) is 23.7 Å². The smallest absolute Gasteiger partial charge is 0.406 e. The van der Waals surface area contributed by atoms with Gasteiger partial charge in [-0.05, 0) is 12.1 Å². The van der Waals surface area contributed by atoms with Crippen LogP contribution in [0.15, 0.2) is 30.3 Å². The number of carbonyl (C=O) groups excluding carboxylic acids is 1. The van der Waals surface area contributed by atoms with E-state index < -0.39 is 31.3 Å². The number of hydrogen-bond acceptors (Lipinski definition) is 2. The Balaban J connectivity index is 2.94. The van der Waals surface area contributed by atoms with E-state index in [1.807, 2.05) is 0 Å². The Morgan fingerprint density at radius 3 is 2.20 bits per heavy atom. The van der Waals surface area contributed by atoms with E-state index in [0.29, 0.717) is 4.90 Å². The van der Waals surface area contributed by atoms with Crippen molar-refractivity contribution in [2.45, 2.75) is 6.18 Å². The van der Waals surface area contributed by atoms with Crippen molar-refractivity contribution in [1.82, 2.24) is 4.90 Å². The van der Waals surface area contributed by atoms with Crippen LogP contribution < -0.4 is 4.90 Å². The van der Waals surface area contributed by atoms with E-state index in [9.17, 15) is 22.8 Å².